The number of carbonyl (C=O) groups is 1. The van der Waals surface area contributed by atoms with Gasteiger partial charge in [-0.1, -0.05) is 18.2 Å². The molecule has 2 heterocycles. The largest absolute Gasteiger partial charge is 0.342 e. The van der Waals surface area contributed by atoms with Crippen molar-refractivity contribution >= 4 is 17.5 Å². The lowest BCUT2D eigenvalue weighted by Gasteiger charge is -2.32. The molecule has 1 aliphatic rings. The van der Waals surface area contributed by atoms with Crippen LogP contribution in [-0.4, -0.2) is 28.5 Å². The Morgan fingerprint density at radius 2 is 2.05 bits per heavy atom. The summed E-state index contributed by atoms with van der Waals surface area (Å²) in [6.07, 6.45) is 3.47. The molecule has 1 saturated heterocycles. The summed E-state index contributed by atoms with van der Waals surface area (Å²) >= 11 is 0. The molecule has 1 amide bonds. The van der Waals surface area contributed by atoms with Crippen LogP contribution >= 0.6 is 0 Å². The van der Waals surface area contributed by atoms with Crippen LogP contribution in [0.25, 0.3) is 0 Å². The van der Waals surface area contributed by atoms with Gasteiger partial charge in [-0.3, -0.25) is 4.79 Å². The van der Waals surface area contributed by atoms with Crippen molar-refractivity contribution in [1.29, 1.82) is 0 Å². The summed E-state index contributed by atoms with van der Waals surface area (Å²) in [6.45, 7) is 2.67. The first-order chi connectivity index (χ1) is 10.2. The van der Waals surface area contributed by atoms with E-state index in [1.165, 1.54) is 0 Å². The Bertz CT molecular complexity index is 629. The minimum absolute atomic E-state index is 0.0811. The third-order valence-electron chi connectivity index (χ3n) is 3.60. The Morgan fingerprint density at radius 3 is 2.81 bits per heavy atom. The molecule has 0 spiro atoms. The second-order valence-corrected chi connectivity index (χ2v) is 5.19. The van der Waals surface area contributed by atoms with Gasteiger partial charge < -0.3 is 10.2 Å². The predicted octanol–water partition coefficient (Wildman–Crippen LogP) is 2.39. The molecule has 1 aliphatic heterocycles. The molecule has 5 nitrogen and oxygen atoms in total. The van der Waals surface area contributed by atoms with E-state index in [1.807, 2.05) is 48.2 Å². The van der Waals surface area contributed by atoms with Gasteiger partial charge in [-0.05, 0) is 38.0 Å². The van der Waals surface area contributed by atoms with E-state index >= 15 is 0 Å². The number of para-hydroxylation sites is 1. The van der Waals surface area contributed by atoms with E-state index in [0.717, 1.165) is 30.8 Å². The van der Waals surface area contributed by atoms with Gasteiger partial charge in [0.25, 0.3) is 0 Å². The first-order valence-electron chi connectivity index (χ1n) is 7.16. The van der Waals surface area contributed by atoms with Crippen LogP contribution in [0.5, 0.6) is 0 Å². The van der Waals surface area contributed by atoms with E-state index in [4.69, 9.17) is 0 Å². The molecule has 1 aromatic heterocycles. The Kier molecular flexibility index (Phi) is 3.81. The lowest BCUT2D eigenvalue weighted by Crippen LogP contribution is -2.48. The summed E-state index contributed by atoms with van der Waals surface area (Å²) < 4.78 is 0. The van der Waals surface area contributed by atoms with Gasteiger partial charge in [0.15, 0.2) is 0 Å². The van der Waals surface area contributed by atoms with Gasteiger partial charge in [0.1, 0.15) is 6.04 Å². The summed E-state index contributed by atoms with van der Waals surface area (Å²) in [4.78, 5) is 22.9. The summed E-state index contributed by atoms with van der Waals surface area (Å²) in [5.41, 5.74) is 1.83. The number of nitrogens with one attached hydrogen (secondary N) is 1. The van der Waals surface area contributed by atoms with Gasteiger partial charge in [0.2, 0.25) is 11.9 Å². The van der Waals surface area contributed by atoms with Gasteiger partial charge in [0, 0.05) is 24.1 Å². The number of aromatic nitrogens is 2. The molecule has 3 rings (SSSR count). The van der Waals surface area contributed by atoms with Gasteiger partial charge in [-0.2, -0.15) is 0 Å². The number of nitrogens with zero attached hydrogens (tertiary/aromatic N) is 3. The van der Waals surface area contributed by atoms with Crippen LogP contribution in [-0.2, 0) is 4.79 Å². The zero-order valence-electron chi connectivity index (χ0n) is 12.0. The number of aryl methyl sites for hydroxylation is 1. The number of rotatable bonds is 3. The predicted molar refractivity (Wildman–Crippen MR) is 82.2 cm³/mol. The molecular formula is C16H18N4O. The number of amides is 1. The molecule has 21 heavy (non-hydrogen) atoms. The number of carbonyl (C=O) groups excluding carboxylic acids is 1. The van der Waals surface area contributed by atoms with Crippen LogP contribution in [0, 0.1) is 6.92 Å². The maximum absolute atomic E-state index is 12.6. The van der Waals surface area contributed by atoms with Crippen molar-refractivity contribution in [3.8, 4) is 0 Å². The number of hydrogen-bond donors (Lipinski definition) is 1. The van der Waals surface area contributed by atoms with Crippen molar-refractivity contribution < 1.29 is 4.79 Å². The summed E-state index contributed by atoms with van der Waals surface area (Å²) in [6, 6.07) is 11.3. The van der Waals surface area contributed by atoms with Crippen LogP contribution < -0.4 is 10.2 Å². The van der Waals surface area contributed by atoms with Gasteiger partial charge >= 0.3 is 0 Å². The molecule has 1 atom stereocenters. The summed E-state index contributed by atoms with van der Waals surface area (Å²) in [5, 5.41) is 3.16. The van der Waals surface area contributed by atoms with Crippen LogP contribution in [0.15, 0.2) is 42.6 Å². The van der Waals surface area contributed by atoms with E-state index in [1.54, 1.807) is 6.20 Å². The quantitative estimate of drug-likeness (QED) is 0.939. The fraction of sp³-hybridized carbons (Fsp3) is 0.312. The third-order valence-corrected chi connectivity index (χ3v) is 3.60. The molecule has 1 unspecified atom stereocenters. The number of anilines is 2. The lowest BCUT2D eigenvalue weighted by atomic mass is 10.0. The Labute approximate surface area is 124 Å². The van der Waals surface area contributed by atoms with Crippen LogP contribution in [0.4, 0.5) is 11.6 Å². The molecule has 1 fully saturated rings. The highest BCUT2D eigenvalue weighted by Gasteiger charge is 2.29. The summed E-state index contributed by atoms with van der Waals surface area (Å²) in [7, 11) is 0. The molecular weight excluding hydrogens is 264 g/mol. The zero-order chi connectivity index (χ0) is 14.7. The average Bonchev–Trinajstić information content (AvgIpc) is 2.50. The Morgan fingerprint density at radius 1 is 1.24 bits per heavy atom. The maximum Gasteiger partial charge on any atom is 0.249 e. The van der Waals surface area contributed by atoms with E-state index < -0.39 is 0 Å². The van der Waals surface area contributed by atoms with Crippen molar-refractivity contribution in [2.45, 2.75) is 25.8 Å². The number of hydrogen-bond acceptors (Lipinski definition) is 4. The highest BCUT2D eigenvalue weighted by Crippen LogP contribution is 2.22. The number of benzene rings is 1. The number of piperidine rings is 1. The fourth-order valence-corrected chi connectivity index (χ4v) is 2.55. The second kappa shape index (κ2) is 5.91. The molecule has 0 saturated carbocycles. The molecule has 1 aromatic carbocycles. The van der Waals surface area contributed by atoms with E-state index in [9.17, 15) is 4.79 Å². The third kappa shape index (κ3) is 3.02. The van der Waals surface area contributed by atoms with Crippen molar-refractivity contribution in [1.82, 2.24) is 9.97 Å². The highest BCUT2D eigenvalue weighted by atomic mass is 16.2. The highest BCUT2D eigenvalue weighted by molar-refractivity contribution is 5.99. The zero-order valence-corrected chi connectivity index (χ0v) is 12.0. The fourth-order valence-electron chi connectivity index (χ4n) is 2.55. The average molecular weight is 282 g/mol. The molecule has 1 N–H and O–H groups in total. The SMILES string of the molecule is Cc1ccnc(NC2CCCN(c3ccccc3)C2=O)n1. The minimum Gasteiger partial charge on any atom is -0.342 e. The van der Waals surface area contributed by atoms with E-state index in [0.29, 0.717) is 5.95 Å². The van der Waals surface area contributed by atoms with Gasteiger partial charge in [0.05, 0.1) is 0 Å². The van der Waals surface area contributed by atoms with E-state index in [-0.39, 0.29) is 11.9 Å². The molecule has 0 bridgehead atoms. The van der Waals surface area contributed by atoms with Gasteiger partial charge in [-0.25, -0.2) is 9.97 Å². The van der Waals surface area contributed by atoms with Crippen LogP contribution in [0.2, 0.25) is 0 Å². The minimum atomic E-state index is -0.263. The van der Waals surface area contributed by atoms with Crippen LogP contribution in [0.1, 0.15) is 18.5 Å². The monoisotopic (exact) mass is 282 g/mol. The Balaban J connectivity index is 1.76. The molecule has 0 radical (unpaired) electrons. The molecule has 0 aliphatic carbocycles. The normalized spacial score (nSPS) is 18.6. The molecule has 108 valence electrons. The first-order valence-corrected chi connectivity index (χ1v) is 7.16. The van der Waals surface area contributed by atoms with Gasteiger partial charge in [-0.15, -0.1) is 0 Å². The summed E-state index contributed by atoms with van der Waals surface area (Å²) in [5.74, 6) is 0.598. The molecule has 5 heteroatoms. The van der Waals surface area contributed by atoms with Crippen molar-refractivity contribution in [2.75, 3.05) is 16.8 Å². The second-order valence-electron chi connectivity index (χ2n) is 5.19. The van der Waals surface area contributed by atoms with Crippen molar-refractivity contribution in [3.05, 3.63) is 48.3 Å². The molecule has 2 aromatic rings. The van der Waals surface area contributed by atoms with Crippen molar-refractivity contribution in [3.63, 3.8) is 0 Å². The first kappa shape index (κ1) is 13.5. The smallest absolute Gasteiger partial charge is 0.249 e. The topological polar surface area (TPSA) is 58.1 Å². The maximum atomic E-state index is 12.6. The van der Waals surface area contributed by atoms with E-state index in [2.05, 4.69) is 15.3 Å². The van der Waals surface area contributed by atoms with Crippen LogP contribution in [0.3, 0.4) is 0 Å². The lowest BCUT2D eigenvalue weighted by molar-refractivity contribution is -0.120. The standard InChI is InChI=1S/C16H18N4O/c1-12-9-10-17-16(18-12)19-14-8-5-11-20(15(14)21)13-6-3-2-4-7-13/h2-4,6-7,9-10,14H,5,8,11H2,1H3,(H,17,18,19). The Hall–Kier alpha value is -2.43. The van der Waals surface area contributed by atoms with Crippen molar-refractivity contribution in [2.24, 2.45) is 0 Å².